The summed E-state index contributed by atoms with van der Waals surface area (Å²) >= 11 is 6.16. The Morgan fingerprint density at radius 2 is 1.77 bits per heavy atom. The van der Waals surface area contributed by atoms with Crippen molar-refractivity contribution in [2.24, 2.45) is 0 Å². The zero-order valence-corrected chi connectivity index (χ0v) is 18.7. The minimum atomic E-state index is -0.138. The van der Waals surface area contributed by atoms with E-state index < -0.39 is 0 Å². The molecule has 0 N–H and O–H groups in total. The molecule has 0 spiro atoms. The fraction of sp³-hybridized carbons (Fsp3) is 0.652. The molecule has 2 bridgehead atoms. The van der Waals surface area contributed by atoms with Crippen molar-refractivity contribution in [1.82, 2.24) is 9.80 Å². The average molecular weight is 434 g/mol. The maximum Gasteiger partial charge on any atom is 0.410 e. The van der Waals surface area contributed by atoms with Gasteiger partial charge >= 0.3 is 6.09 Å². The fourth-order valence-corrected chi connectivity index (χ4v) is 5.91. The van der Waals surface area contributed by atoms with Gasteiger partial charge < -0.3 is 19.4 Å². The van der Waals surface area contributed by atoms with Gasteiger partial charge in [0.2, 0.25) is 5.91 Å². The van der Waals surface area contributed by atoms with Crippen LogP contribution in [-0.2, 0) is 9.53 Å². The van der Waals surface area contributed by atoms with Crippen molar-refractivity contribution in [3.8, 4) is 0 Å². The summed E-state index contributed by atoms with van der Waals surface area (Å²) in [5.74, 6) is 0.0662. The molecule has 164 valence electrons. The first-order valence-corrected chi connectivity index (χ1v) is 11.6. The van der Waals surface area contributed by atoms with Crippen molar-refractivity contribution >= 4 is 29.3 Å². The van der Waals surface area contributed by atoms with Crippen LogP contribution >= 0.6 is 11.6 Å². The fourth-order valence-electron chi connectivity index (χ4n) is 5.73. The number of nitrogens with zero attached hydrogens (tertiary/aromatic N) is 3. The van der Waals surface area contributed by atoms with E-state index in [0.29, 0.717) is 29.8 Å². The summed E-state index contributed by atoms with van der Waals surface area (Å²) in [6.07, 6.45) is 6.02. The van der Waals surface area contributed by atoms with Gasteiger partial charge in [0.05, 0.1) is 6.61 Å². The van der Waals surface area contributed by atoms with Gasteiger partial charge in [-0.15, -0.1) is 0 Å². The van der Waals surface area contributed by atoms with Crippen LogP contribution in [-0.4, -0.2) is 65.7 Å². The van der Waals surface area contributed by atoms with Crippen LogP contribution in [0.2, 0.25) is 5.02 Å². The van der Waals surface area contributed by atoms with Crippen LogP contribution in [0.5, 0.6) is 0 Å². The Hall–Kier alpha value is -1.79. The van der Waals surface area contributed by atoms with Crippen molar-refractivity contribution in [1.29, 1.82) is 0 Å². The normalized spacial score (nSPS) is 27.2. The van der Waals surface area contributed by atoms with Crippen molar-refractivity contribution in [3.63, 3.8) is 0 Å². The number of carbonyl (C=O) groups is 2. The third kappa shape index (κ3) is 4.30. The van der Waals surface area contributed by atoms with Gasteiger partial charge in [-0.3, -0.25) is 4.79 Å². The lowest BCUT2D eigenvalue weighted by molar-refractivity contribution is -0.117. The number of benzene rings is 1. The third-order valence-corrected chi connectivity index (χ3v) is 7.23. The lowest BCUT2D eigenvalue weighted by Crippen LogP contribution is -2.55. The van der Waals surface area contributed by atoms with Crippen molar-refractivity contribution in [2.45, 2.75) is 76.5 Å². The molecule has 4 rings (SSSR count). The van der Waals surface area contributed by atoms with Gasteiger partial charge in [-0.1, -0.05) is 17.7 Å². The molecular weight excluding hydrogens is 402 g/mol. The van der Waals surface area contributed by atoms with E-state index in [1.165, 1.54) is 0 Å². The van der Waals surface area contributed by atoms with E-state index in [4.69, 9.17) is 16.3 Å². The zero-order chi connectivity index (χ0) is 21.3. The molecule has 2 unspecified atom stereocenters. The van der Waals surface area contributed by atoms with Crippen LogP contribution in [0.4, 0.5) is 10.5 Å². The Balaban J connectivity index is 1.37. The van der Waals surface area contributed by atoms with Crippen LogP contribution < -0.4 is 4.90 Å². The average Bonchev–Trinajstić information content (AvgIpc) is 2.98. The number of halogens is 1. The number of rotatable bonds is 4. The highest BCUT2D eigenvalue weighted by molar-refractivity contribution is 6.30. The summed E-state index contributed by atoms with van der Waals surface area (Å²) in [6.45, 7) is 5.91. The second-order valence-corrected chi connectivity index (χ2v) is 9.19. The topological polar surface area (TPSA) is 53.1 Å². The molecule has 0 aliphatic carbocycles. The number of ether oxygens (including phenoxy) is 1. The molecule has 2 amide bonds. The molecule has 2 atom stereocenters. The Labute approximate surface area is 184 Å². The van der Waals surface area contributed by atoms with E-state index in [0.717, 1.165) is 57.3 Å². The third-order valence-electron chi connectivity index (χ3n) is 6.99. The summed E-state index contributed by atoms with van der Waals surface area (Å²) < 4.78 is 5.28. The second-order valence-electron chi connectivity index (χ2n) is 8.75. The number of anilines is 1. The summed E-state index contributed by atoms with van der Waals surface area (Å²) in [5, 5.41) is 0.653. The van der Waals surface area contributed by atoms with Gasteiger partial charge in [0.15, 0.2) is 0 Å². The molecule has 3 aliphatic heterocycles. The van der Waals surface area contributed by atoms with Crippen LogP contribution in [0.15, 0.2) is 24.3 Å². The van der Waals surface area contributed by atoms with Crippen LogP contribution in [0.3, 0.4) is 0 Å². The van der Waals surface area contributed by atoms with Crippen LogP contribution in [0, 0.1) is 0 Å². The quantitative estimate of drug-likeness (QED) is 0.710. The molecule has 1 aromatic carbocycles. The predicted octanol–water partition coefficient (Wildman–Crippen LogP) is 4.31. The highest BCUT2D eigenvalue weighted by Crippen LogP contribution is 2.39. The van der Waals surface area contributed by atoms with Gasteiger partial charge in [-0.2, -0.15) is 0 Å². The van der Waals surface area contributed by atoms with Gasteiger partial charge in [-0.05, 0) is 63.6 Å². The molecule has 30 heavy (non-hydrogen) atoms. The number of amides is 2. The molecule has 3 aliphatic rings. The second kappa shape index (κ2) is 9.15. The smallest absolute Gasteiger partial charge is 0.410 e. The Kier molecular flexibility index (Phi) is 6.54. The van der Waals surface area contributed by atoms with E-state index in [-0.39, 0.29) is 18.0 Å². The van der Waals surface area contributed by atoms with Crippen molar-refractivity contribution in [2.75, 3.05) is 24.6 Å². The molecule has 3 fully saturated rings. The van der Waals surface area contributed by atoms with E-state index in [1.807, 2.05) is 41.0 Å². The largest absolute Gasteiger partial charge is 0.450 e. The summed E-state index contributed by atoms with van der Waals surface area (Å²) in [4.78, 5) is 31.2. The SMILES string of the molecule is CCOC(=O)N1C2CCC1CC(N1CCC(N(C(C)=O)c3cccc(Cl)c3)CC1)C2. The van der Waals surface area contributed by atoms with E-state index in [2.05, 4.69) is 4.90 Å². The molecule has 3 saturated heterocycles. The standard InChI is InChI=1S/C23H32ClN3O3/c1-3-30-23(29)27-20-7-8-21(27)15-22(14-20)25-11-9-18(10-12-25)26(16(2)28)19-6-4-5-17(24)13-19/h4-6,13,18,20-22H,3,7-12,14-15H2,1-2H3. The predicted molar refractivity (Wildman–Crippen MR) is 118 cm³/mol. The Bertz CT molecular complexity index is 767. The molecule has 0 saturated carbocycles. The maximum absolute atomic E-state index is 12.4. The molecule has 3 heterocycles. The van der Waals surface area contributed by atoms with Crippen molar-refractivity contribution < 1.29 is 14.3 Å². The number of carbonyl (C=O) groups excluding carboxylic acids is 2. The van der Waals surface area contributed by atoms with Gasteiger partial charge in [-0.25, -0.2) is 4.79 Å². The van der Waals surface area contributed by atoms with Crippen LogP contribution in [0.1, 0.15) is 52.4 Å². The lowest BCUT2D eigenvalue weighted by Gasteiger charge is -2.46. The van der Waals surface area contributed by atoms with E-state index >= 15 is 0 Å². The Morgan fingerprint density at radius 1 is 1.10 bits per heavy atom. The first kappa shape index (κ1) is 21.4. The van der Waals surface area contributed by atoms with E-state index in [9.17, 15) is 9.59 Å². The molecule has 1 aromatic rings. The highest BCUT2D eigenvalue weighted by atomic mass is 35.5. The summed E-state index contributed by atoms with van der Waals surface area (Å²) in [7, 11) is 0. The summed E-state index contributed by atoms with van der Waals surface area (Å²) in [5.41, 5.74) is 0.884. The minimum absolute atomic E-state index is 0.0662. The van der Waals surface area contributed by atoms with Crippen LogP contribution in [0.25, 0.3) is 0 Å². The maximum atomic E-state index is 12.4. The lowest BCUT2D eigenvalue weighted by atomic mass is 9.93. The monoisotopic (exact) mass is 433 g/mol. The molecule has 7 heteroatoms. The molecule has 0 aromatic heterocycles. The number of fused-ring (bicyclic) bond motifs is 2. The minimum Gasteiger partial charge on any atom is -0.450 e. The Morgan fingerprint density at radius 3 is 2.33 bits per heavy atom. The summed E-state index contributed by atoms with van der Waals surface area (Å²) in [6, 6.07) is 8.91. The molecular formula is C23H32ClN3O3. The van der Waals surface area contributed by atoms with E-state index in [1.54, 1.807) is 6.92 Å². The highest BCUT2D eigenvalue weighted by Gasteiger charge is 2.45. The molecule has 6 nitrogen and oxygen atoms in total. The van der Waals surface area contributed by atoms with Gasteiger partial charge in [0.1, 0.15) is 0 Å². The zero-order valence-electron chi connectivity index (χ0n) is 17.9. The number of hydrogen-bond acceptors (Lipinski definition) is 4. The van der Waals surface area contributed by atoms with Crippen molar-refractivity contribution in [3.05, 3.63) is 29.3 Å². The number of hydrogen-bond donors (Lipinski definition) is 0. The van der Waals surface area contributed by atoms with Gasteiger partial charge in [0, 0.05) is 54.9 Å². The number of piperidine rings is 2. The van der Waals surface area contributed by atoms with Gasteiger partial charge in [0.25, 0.3) is 0 Å². The first-order valence-electron chi connectivity index (χ1n) is 11.2. The number of likely N-dealkylation sites (tertiary alicyclic amines) is 1. The first-order chi connectivity index (χ1) is 14.5. The molecule has 0 radical (unpaired) electrons.